The first-order chi connectivity index (χ1) is 5.81. The van der Waals surface area contributed by atoms with Gasteiger partial charge < -0.3 is 0 Å². The molecular formula is C11H14O. The van der Waals surface area contributed by atoms with Crippen LogP contribution in [0.4, 0.5) is 0 Å². The predicted octanol–water partition coefficient (Wildman–Crippen LogP) is 2.63. The second kappa shape index (κ2) is 2.89. The third-order valence-electron chi connectivity index (χ3n) is 2.95. The minimum atomic E-state index is 0.268. The van der Waals surface area contributed by atoms with Gasteiger partial charge in [-0.3, -0.25) is 4.79 Å². The monoisotopic (exact) mass is 162 g/mol. The quantitative estimate of drug-likeness (QED) is 0.579. The zero-order chi connectivity index (χ0) is 8.55. The lowest BCUT2D eigenvalue weighted by Gasteiger charge is -2.16. The van der Waals surface area contributed by atoms with Crippen molar-refractivity contribution in [2.45, 2.75) is 32.6 Å². The van der Waals surface area contributed by atoms with Gasteiger partial charge in [0.05, 0.1) is 0 Å². The Labute approximate surface area is 73.2 Å². The van der Waals surface area contributed by atoms with E-state index in [1.165, 1.54) is 11.1 Å². The average Bonchev–Trinajstić information content (AvgIpc) is 2.47. The standard InChI is InChI=1S/C11H14O/c1-2-8-3-4-9-5-6-11(12)10(9)7-8/h3-4,10H,2,5-7H2,1H3. The Morgan fingerprint density at radius 2 is 2.25 bits per heavy atom. The molecule has 0 amide bonds. The molecule has 0 aliphatic heterocycles. The molecule has 0 radical (unpaired) electrons. The molecule has 1 fully saturated rings. The largest absolute Gasteiger partial charge is 0.299 e. The third-order valence-corrected chi connectivity index (χ3v) is 2.95. The maximum atomic E-state index is 11.4. The molecule has 1 heteroatoms. The summed E-state index contributed by atoms with van der Waals surface area (Å²) in [6.07, 6.45) is 8.25. The van der Waals surface area contributed by atoms with Gasteiger partial charge in [-0.25, -0.2) is 0 Å². The van der Waals surface area contributed by atoms with Crippen molar-refractivity contribution < 1.29 is 4.79 Å². The van der Waals surface area contributed by atoms with Crippen LogP contribution in [0.25, 0.3) is 0 Å². The summed E-state index contributed by atoms with van der Waals surface area (Å²) in [7, 11) is 0. The lowest BCUT2D eigenvalue weighted by molar-refractivity contribution is -0.120. The predicted molar refractivity (Wildman–Crippen MR) is 48.8 cm³/mol. The summed E-state index contributed by atoms with van der Waals surface area (Å²) in [5.74, 6) is 0.727. The van der Waals surface area contributed by atoms with Crippen molar-refractivity contribution in [3.05, 3.63) is 23.3 Å². The molecule has 0 saturated heterocycles. The molecule has 0 N–H and O–H groups in total. The zero-order valence-electron chi connectivity index (χ0n) is 7.47. The number of fused-ring (bicyclic) bond motifs is 1. The van der Waals surface area contributed by atoms with Crippen LogP contribution >= 0.6 is 0 Å². The number of allylic oxidation sites excluding steroid dienone is 4. The maximum Gasteiger partial charge on any atom is 0.140 e. The van der Waals surface area contributed by atoms with Crippen molar-refractivity contribution in [2.24, 2.45) is 5.92 Å². The fraction of sp³-hybridized carbons (Fsp3) is 0.545. The molecule has 1 nitrogen and oxygen atoms in total. The van der Waals surface area contributed by atoms with E-state index >= 15 is 0 Å². The lowest BCUT2D eigenvalue weighted by atomic mass is 9.88. The maximum absolute atomic E-state index is 11.4. The Bertz CT molecular complexity index is 271. The molecule has 12 heavy (non-hydrogen) atoms. The van der Waals surface area contributed by atoms with Crippen LogP contribution in [0.15, 0.2) is 23.3 Å². The van der Waals surface area contributed by atoms with Crippen molar-refractivity contribution in [3.8, 4) is 0 Å². The first kappa shape index (κ1) is 7.78. The minimum Gasteiger partial charge on any atom is -0.299 e. The molecule has 0 spiro atoms. The number of carbonyl (C=O) groups excluding carboxylic acids is 1. The van der Waals surface area contributed by atoms with E-state index in [4.69, 9.17) is 0 Å². The highest BCUT2D eigenvalue weighted by Gasteiger charge is 2.30. The van der Waals surface area contributed by atoms with Crippen molar-refractivity contribution in [2.75, 3.05) is 0 Å². The van der Waals surface area contributed by atoms with Gasteiger partial charge in [-0.1, -0.05) is 30.2 Å². The smallest absolute Gasteiger partial charge is 0.140 e. The second-order valence-corrected chi connectivity index (χ2v) is 3.64. The van der Waals surface area contributed by atoms with E-state index in [-0.39, 0.29) is 5.92 Å². The Morgan fingerprint density at radius 1 is 1.42 bits per heavy atom. The summed E-state index contributed by atoms with van der Waals surface area (Å²) in [6.45, 7) is 2.16. The molecule has 0 bridgehead atoms. The number of carbonyl (C=O) groups is 1. The average molecular weight is 162 g/mol. The lowest BCUT2D eigenvalue weighted by Crippen LogP contribution is -2.11. The highest BCUT2D eigenvalue weighted by atomic mass is 16.1. The van der Waals surface area contributed by atoms with Gasteiger partial charge in [-0.15, -0.1) is 0 Å². The summed E-state index contributed by atoms with van der Waals surface area (Å²) < 4.78 is 0. The topological polar surface area (TPSA) is 17.1 Å². The van der Waals surface area contributed by atoms with Gasteiger partial charge in [0, 0.05) is 12.3 Å². The fourth-order valence-electron chi connectivity index (χ4n) is 2.08. The van der Waals surface area contributed by atoms with E-state index in [2.05, 4.69) is 19.1 Å². The van der Waals surface area contributed by atoms with Gasteiger partial charge in [0.15, 0.2) is 0 Å². The highest BCUT2D eigenvalue weighted by Crippen LogP contribution is 2.36. The van der Waals surface area contributed by atoms with Crippen LogP contribution in [0.3, 0.4) is 0 Å². The van der Waals surface area contributed by atoms with Crippen LogP contribution in [-0.2, 0) is 4.79 Å². The summed E-state index contributed by atoms with van der Waals surface area (Å²) in [4.78, 5) is 11.4. The van der Waals surface area contributed by atoms with E-state index in [1.807, 2.05) is 0 Å². The molecule has 0 aromatic heterocycles. The van der Waals surface area contributed by atoms with Crippen molar-refractivity contribution >= 4 is 5.78 Å². The van der Waals surface area contributed by atoms with E-state index in [0.29, 0.717) is 5.78 Å². The fourth-order valence-corrected chi connectivity index (χ4v) is 2.08. The molecule has 1 atom stereocenters. The molecule has 1 saturated carbocycles. The summed E-state index contributed by atoms with van der Waals surface area (Å²) in [5, 5.41) is 0. The highest BCUT2D eigenvalue weighted by molar-refractivity contribution is 5.87. The summed E-state index contributed by atoms with van der Waals surface area (Å²) in [5.41, 5.74) is 2.80. The molecule has 1 unspecified atom stereocenters. The first-order valence-corrected chi connectivity index (χ1v) is 4.72. The molecule has 0 heterocycles. The Balaban J connectivity index is 2.23. The minimum absolute atomic E-state index is 0.268. The summed E-state index contributed by atoms with van der Waals surface area (Å²) in [6, 6.07) is 0. The van der Waals surface area contributed by atoms with Gasteiger partial charge in [-0.05, 0) is 19.3 Å². The second-order valence-electron chi connectivity index (χ2n) is 3.64. The number of Topliss-reactive ketones (excluding diaryl/α,β-unsaturated/α-hetero) is 1. The van der Waals surface area contributed by atoms with Gasteiger partial charge >= 0.3 is 0 Å². The normalized spacial score (nSPS) is 28.1. The van der Waals surface area contributed by atoms with Crippen LogP contribution in [0, 0.1) is 5.92 Å². The van der Waals surface area contributed by atoms with E-state index < -0.39 is 0 Å². The zero-order valence-corrected chi connectivity index (χ0v) is 7.47. The van der Waals surface area contributed by atoms with Crippen molar-refractivity contribution in [3.63, 3.8) is 0 Å². The summed E-state index contributed by atoms with van der Waals surface area (Å²) >= 11 is 0. The van der Waals surface area contributed by atoms with Crippen molar-refractivity contribution in [1.29, 1.82) is 0 Å². The van der Waals surface area contributed by atoms with Crippen LogP contribution in [0.5, 0.6) is 0 Å². The van der Waals surface area contributed by atoms with Crippen LogP contribution in [0.2, 0.25) is 0 Å². The SMILES string of the molecule is CCC1=CC=C2CCC(=O)C2C1. The Hall–Kier alpha value is -0.850. The molecule has 64 valence electrons. The van der Waals surface area contributed by atoms with E-state index in [0.717, 1.165) is 25.7 Å². The first-order valence-electron chi connectivity index (χ1n) is 4.72. The van der Waals surface area contributed by atoms with Gasteiger partial charge in [0.2, 0.25) is 0 Å². The number of ketones is 1. The molecule has 2 aliphatic rings. The molecule has 0 aromatic rings. The molecular weight excluding hydrogens is 148 g/mol. The van der Waals surface area contributed by atoms with Gasteiger partial charge in [0.25, 0.3) is 0 Å². The van der Waals surface area contributed by atoms with Crippen LogP contribution in [0.1, 0.15) is 32.6 Å². The Kier molecular flexibility index (Phi) is 1.87. The number of hydrogen-bond acceptors (Lipinski definition) is 1. The molecule has 2 rings (SSSR count). The van der Waals surface area contributed by atoms with Gasteiger partial charge in [-0.2, -0.15) is 0 Å². The van der Waals surface area contributed by atoms with Gasteiger partial charge in [0.1, 0.15) is 5.78 Å². The molecule has 2 aliphatic carbocycles. The molecule has 0 aromatic carbocycles. The number of rotatable bonds is 1. The third kappa shape index (κ3) is 1.13. The van der Waals surface area contributed by atoms with E-state index in [9.17, 15) is 4.79 Å². The number of hydrogen-bond donors (Lipinski definition) is 0. The van der Waals surface area contributed by atoms with Crippen LogP contribution in [-0.4, -0.2) is 5.78 Å². The van der Waals surface area contributed by atoms with E-state index in [1.54, 1.807) is 0 Å². The Morgan fingerprint density at radius 3 is 3.00 bits per heavy atom. The van der Waals surface area contributed by atoms with Crippen LogP contribution < -0.4 is 0 Å². The van der Waals surface area contributed by atoms with Crippen molar-refractivity contribution in [1.82, 2.24) is 0 Å².